The van der Waals surface area contributed by atoms with Crippen molar-refractivity contribution < 1.29 is 19.5 Å². The number of para-hydroxylation sites is 1. The fourth-order valence-electron chi connectivity index (χ4n) is 2.25. The third-order valence-electron chi connectivity index (χ3n) is 3.53. The molecule has 0 spiro atoms. The van der Waals surface area contributed by atoms with Gasteiger partial charge in [0.05, 0.1) is 12.1 Å². The maximum atomic E-state index is 12.0. The first-order valence-corrected chi connectivity index (χ1v) is 7.66. The van der Waals surface area contributed by atoms with E-state index in [4.69, 9.17) is 5.73 Å². The molecule has 25 heavy (non-hydrogen) atoms. The van der Waals surface area contributed by atoms with Gasteiger partial charge in [-0.1, -0.05) is 42.5 Å². The van der Waals surface area contributed by atoms with Crippen LogP contribution in [0.15, 0.2) is 54.6 Å². The van der Waals surface area contributed by atoms with Crippen molar-refractivity contribution in [3.63, 3.8) is 0 Å². The van der Waals surface area contributed by atoms with Crippen LogP contribution in [0.1, 0.15) is 15.9 Å². The lowest BCUT2D eigenvalue weighted by atomic mass is 10.1. The van der Waals surface area contributed by atoms with Crippen LogP contribution in [0.2, 0.25) is 0 Å². The van der Waals surface area contributed by atoms with Gasteiger partial charge in [0.25, 0.3) is 5.91 Å². The maximum absolute atomic E-state index is 12.0. The fourth-order valence-corrected chi connectivity index (χ4v) is 2.25. The number of rotatable bonds is 7. The molecule has 0 aliphatic carbocycles. The minimum Gasteiger partial charge on any atom is -0.480 e. The van der Waals surface area contributed by atoms with Crippen LogP contribution in [0.4, 0.5) is 5.69 Å². The highest BCUT2D eigenvalue weighted by Gasteiger charge is 2.20. The molecule has 2 aromatic carbocycles. The summed E-state index contributed by atoms with van der Waals surface area (Å²) in [5, 5.41) is 14.1. The summed E-state index contributed by atoms with van der Waals surface area (Å²) in [4.78, 5) is 35.3. The van der Waals surface area contributed by atoms with Gasteiger partial charge < -0.3 is 21.5 Å². The van der Waals surface area contributed by atoms with E-state index in [-0.39, 0.29) is 18.5 Å². The number of carboxylic acid groups (broad SMARTS) is 1. The predicted octanol–water partition coefficient (Wildman–Crippen LogP) is 0.811. The Morgan fingerprint density at radius 3 is 2.28 bits per heavy atom. The zero-order valence-electron chi connectivity index (χ0n) is 13.4. The Morgan fingerprint density at radius 2 is 1.64 bits per heavy atom. The molecule has 0 aliphatic rings. The second-order valence-electron chi connectivity index (χ2n) is 5.42. The van der Waals surface area contributed by atoms with Crippen molar-refractivity contribution in [3.05, 3.63) is 65.7 Å². The van der Waals surface area contributed by atoms with Gasteiger partial charge in [-0.25, -0.2) is 4.79 Å². The number of benzene rings is 2. The highest BCUT2D eigenvalue weighted by molar-refractivity contribution is 6.00. The summed E-state index contributed by atoms with van der Waals surface area (Å²) < 4.78 is 0. The van der Waals surface area contributed by atoms with Crippen molar-refractivity contribution in [1.29, 1.82) is 0 Å². The number of carboxylic acids is 1. The Labute approximate surface area is 144 Å². The fraction of sp³-hybridized carbons (Fsp3) is 0.167. The van der Waals surface area contributed by atoms with Crippen LogP contribution in [-0.2, 0) is 16.0 Å². The van der Waals surface area contributed by atoms with Gasteiger partial charge in [-0.2, -0.15) is 0 Å². The number of hydrogen-bond acceptors (Lipinski definition) is 4. The lowest BCUT2D eigenvalue weighted by Gasteiger charge is -2.15. The van der Waals surface area contributed by atoms with E-state index in [2.05, 4.69) is 10.6 Å². The molecule has 7 heteroatoms. The topological polar surface area (TPSA) is 122 Å². The monoisotopic (exact) mass is 341 g/mol. The third kappa shape index (κ3) is 5.35. The van der Waals surface area contributed by atoms with E-state index in [1.165, 1.54) is 6.07 Å². The van der Waals surface area contributed by atoms with Crippen molar-refractivity contribution >= 4 is 23.5 Å². The Morgan fingerprint density at radius 1 is 1.00 bits per heavy atom. The van der Waals surface area contributed by atoms with Gasteiger partial charge in [-0.05, 0) is 17.7 Å². The number of amides is 2. The Bertz CT molecular complexity index is 762. The first-order chi connectivity index (χ1) is 12.0. The normalized spacial score (nSPS) is 11.4. The quantitative estimate of drug-likeness (QED) is 0.555. The number of carbonyl (C=O) groups excluding carboxylic acids is 2. The molecule has 0 saturated heterocycles. The van der Waals surface area contributed by atoms with Crippen molar-refractivity contribution in [2.75, 3.05) is 12.3 Å². The summed E-state index contributed by atoms with van der Waals surface area (Å²) in [5.41, 5.74) is 7.04. The molecule has 2 amide bonds. The van der Waals surface area contributed by atoms with E-state index in [1.54, 1.807) is 42.5 Å². The molecule has 0 aliphatic heterocycles. The number of carbonyl (C=O) groups is 3. The van der Waals surface area contributed by atoms with Gasteiger partial charge >= 0.3 is 5.97 Å². The standard InChI is InChI=1S/C18H19N3O4/c19-14-9-5-4-8-13(14)17(23)20-11-16(22)21-15(18(24)25)10-12-6-2-1-3-7-12/h1-9,15H,10-11,19H2,(H,20,23)(H,21,22)(H,24,25)/t15-/m0/s1. The zero-order chi connectivity index (χ0) is 18.2. The molecule has 0 saturated carbocycles. The summed E-state index contributed by atoms with van der Waals surface area (Å²) in [6.07, 6.45) is 0.154. The van der Waals surface area contributed by atoms with E-state index in [9.17, 15) is 19.5 Å². The summed E-state index contributed by atoms with van der Waals surface area (Å²) >= 11 is 0. The largest absolute Gasteiger partial charge is 0.480 e. The molecule has 2 rings (SSSR count). The molecular weight excluding hydrogens is 322 g/mol. The number of nitrogens with two attached hydrogens (primary N) is 1. The van der Waals surface area contributed by atoms with E-state index >= 15 is 0 Å². The molecule has 130 valence electrons. The molecule has 0 fully saturated rings. The molecule has 0 radical (unpaired) electrons. The molecule has 0 unspecified atom stereocenters. The van der Waals surface area contributed by atoms with Crippen molar-refractivity contribution in [1.82, 2.24) is 10.6 Å². The number of anilines is 1. The van der Waals surface area contributed by atoms with Gasteiger partial charge in [0.2, 0.25) is 5.91 Å². The van der Waals surface area contributed by atoms with Crippen LogP contribution in [0.3, 0.4) is 0 Å². The lowest BCUT2D eigenvalue weighted by molar-refractivity contribution is -0.141. The van der Waals surface area contributed by atoms with Crippen molar-refractivity contribution in [2.24, 2.45) is 0 Å². The molecule has 0 heterocycles. The van der Waals surface area contributed by atoms with Gasteiger partial charge in [0.1, 0.15) is 6.04 Å². The van der Waals surface area contributed by atoms with Crippen LogP contribution < -0.4 is 16.4 Å². The van der Waals surface area contributed by atoms with Gasteiger partial charge in [-0.15, -0.1) is 0 Å². The maximum Gasteiger partial charge on any atom is 0.326 e. The Hall–Kier alpha value is -3.35. The molecule has 1 atom stereocenters. The predicted molar refractivity (Wildman–Crippen MR) is 92.9 cm³/mol. The van der Waals surface area contributed by atoms with Crippen molar-refractivity contribution in [3.8, 4) is 0 Å². The second kappa shape index (κ2) is 8.49. The molecule has 5 N–H and O–H groups in total. The number of hydrogen-bond donors (Lipinski definition) is 4. The van der Waals surface area contributed by atoms with E-state index in [1.807, 2.05) is 6.07 Å². The Kier molecular flexibility index (Phi) is 6.11. The summed E-state index contributed by atoms with van der Waals surface area (Å²) in [7, 11) is 0. The third-order valence-corrected chi connectivity index (χ3v) is 3.53. The number of nitrogen functional groups attached to an aromatic ring is 1. The summed E-state index contributed by atoms with van der Waals surface area (Å²) in [6.45, 7) is -0.342. The molecule has 0 bridgehead atoms. The molecular formula is C18H19N3O4. The minimum absolute atomic E-state index is 0.154. The summed E-state index contributed by atoms with van der Waals surface area (Å²) in [5.74, 6) is -2.23. The van der Waals surface area contributed by atoms with E-state index < -0.39 is 23.8 Å². The van der Waals surface area contributed by atoms with E-state index in [0.29, 0.717) is 5.69 Å². The molecule has 7 nitrogen and oxygen atoms in total. The molecule has 2 aromatic rings. The van der Waals surface area contributed by atoms with Crippen LogP contribution in [0.5, 0.6) is 0 Å². The van der Waals surface area contributed by atoms with Crippen LogP contribution >= 0.6 is 0 Å². The lowest BCUT2D eigenvalue weighted by Crippen LogP contribution is -2.46. The average Bonchev–Trinajstić information content (AvgIpc) is 2.60. The summed E-state index contributed by atoms with van der Waals surface area (Å²) in [6, 6.07) is 14.4. The second-order valence-corrected chi connectivity index (χ2v) is 5.42. The van der Waals surface area contributed by atoms with Gasteiger partial charge in [-0.3, -0.25) is 9.59 Å². The first kappa shape index (κ1) is 18.0. The molecule has 0 aromatic heterocycles. The van der Waals surface area contributed by atoms with Gasteiger partial charge in [0, 0.05) is 12.1 Å². The minimum atomic E-state index is -1.14. The smallest absolute Gasteiger partial charge is 0.326 e. The SMILES string of the molecule is Nc1ccccc1C(=O)NCC(=O)N[C@@H](Cc1ccccc1)C(=O)O. The first-order valence-electron chi connectivity index (χ1n) is 7.66. The number of aliphatic carboxylic acids is 1. The van der Waals surface area contributed by atoms with Crippen molar-refractivity contribution in [2.45, 2.75) is 12.5 Å². The average molecular weight is 341 g/mol. The van der Waals surface area contributed by atoms with Gasteiger partial charge in [0.15, 0.2) is 0 Å². The van der Waals surface area contributed by atoms with Crippen LogP contribution in [0.25, 0.3) is 0 Å². The zero-order valence-corrected chi connectivity index (χ0v) is 13.4. The highest BCUT2D eigenvalue weighted by atomic mass is 16.4. The highest BCUT2D eigenvalue weighted by Crippen LogP contribution is 2.09. The van der Waals surface area contributed by atoms with Crippen LogP contribution in [0, 0.1) is 0 Å². The Balaban J connectivity index is 1.90. The van der Waals surface area contributed by atoms with Crippen LogP contribution in [-0.4, -0.2) is 35.5 Å². The van der Waals surface area contributed by atoms with E-state index in [0.717, 1.165) is 5.56 Å². The number of nitrogens with one attached hydrogen (secondary N) is 2.